The molecule has 0 saturated carbocycles. The van der Waals surface area contributed by atoms with Crippen molar-refractivity contribution in [3.05, 3.63) is 64.3 Å². The smallest absolute Gasteiger partial charge is 0.255 e. The van der Waals surface area contributed by atoms with E-state index in [9.17, 15) is 4.79 Å². The van der Waals surface area contributed by atoms with Crippen LogP contribution in [0.25, 0.3) is 10.9 Å². The largest absolute Gasteiger partial charge is 0.356 e. The van der Waals surface area contributed by atoms with Gasteiger partial charge in [-0.05, 0) is 43.2 Å². The van der Waals surface area contributed by atoms with Gasteiger partial charge in [-0.25, -0.2) is 0 Å². The third-order valence-corrected chi connectivity index (χ3v) is 5.37. The lowest BCUT2D eigenvalue weighted by Crippen LogP contribution is -2.56. The van der Waals surface area contributed by atoms with Crippen LogP contribution in [0.2, 0.25) is 5.02 Å². The van der Waals surface area contributed by atoms with Gasteiger partial charge in [0.25, 0.3) is 5.91 Å². The number of carbonyl (C=O) groups excluding carboxylic acids is 1. The minimum atomic E-state index is -0.910. The molecule has 3 aromatic rings. The monoisotopic (exact) mass is 337 g/mol. The number of fused-ring (bicyclic) bond motifs is 6. The molecular weight excluding hydrogens is 322 g/mol. The molecule has 2 aromatic carbocycles. The Balaban J connectivity index is 1.88. The molecule has 5 heteroatoms. The number of benzene rings is 2. The van der Waals surface area contributed by atoms with Gasteiger partial charge < -0.3 is 10.3 Å². The number of anilines is 1. The van der Waals surface area contributed by atoms with Crippen molar-refractivity contribution < 1.29 is 4.79 Å². The van der Waals surface area contributed by atoms with E-state index >= 15 is 0 Å². The molecule has 1 amide bonds. The molecule has 24 heavy (non-hydrogen) atoms. The fraction of sp³-hybridized carbons (Fsp3) is 0.211. The summed E-state index contributed by atoms with van der Waals surface area (Å²) < 4.78 is 0. The molecule has 1 spiro atoms. The molecule has 0 fully saturated rings. The number of aromatic nitrogens is 1. The summed E-state index contributed by atoms with van der Waals surface area (Å²) in [5.74, 6) is -0.0564. The van der Waals surface area contributed by atoms with Crippen LogP contribution in [0.1, 0.15) is 23.7 Å². The fourth-order valence-corrected chi connectivity index (χ4v) is 4.37. The molecule has 0 radical (unpaired) electrons. The zero-order valence-electron chi connectivity index (χ0n) is 13.1. The van der Waals surface area contributed by atoms with Crippen LogP contribution in [0.3, 0.4) is 0 Å². The Labute approximate surface area is 144 Å². The summed E-state index contributed by atoms with van der Waals surface area (Å²) >= 11 is 6.24. The molecule has 0 aliphatic carbocycles. The molecule has 0 unspecified atom stereocenters. The van der Waals surface area contributed by atoms with Crippen molar-refractivity contribution in [3.8, 4) is 0 Å². The highest BCUT2D eigenvalue weighted by molar-refractivity contribution is 6.31. The Morgan fingerprint density at radius 3 is 2.92 bits per heavy atom. The van der Waals surface area contributed by atoms with Crippen molar-refractivity contribution in [3.63, 3.8) is 0 Å². The van der Waals surface area contributed by atoms with Crippen LogP contribution in [0.15, 0.2) is 42.5 Å². The van der Waals surface area contributed by atoms with Crippen LogP contribution in [0, 0.1) is 0 Å². The SMILES string of the molecule is C[C@H]1Cc2c([nH]c3ccccc23)[C@]2(N1)C(=O)Nc1ccc(Cl)cc12. The third kappa shape index (κ3) is 1.65. The van der Waals surface area contributed by atoms with Gasteiger partial charge in [-0.15, -0.1) is 0 Å². The van der Waals surface area contributed by atoms with Crippen molar-refractivity contribution in [2.45, 2.75) is 24.9 Å². The van der Waals surface area contributed by atoms with Crippen LogP contribution in [-0.4, -0.2) is 16.9 Å². The van der Waals surface area contributed by atoms with Crippen molar-refractivity contribution in [2.24, 2.45) is 0 Å². The molecule has 3 heterocycles. The average molecular weight is 338 g/mol. The maximum Gasteiger partial charge on any atom is 0.255 e. The lowest BCUT2D eigenvalue weighted by Gasteiger charge is -2.37. The average Bonchev–Trinajstić information content (AvgIpc) is 3.06. The lowest BCUT2D eigenvalue weighted by molar-refractivity contribution is -0.121. The number of halogens is 1. The minimum Gasteiger partial charge on any atom is -0.356 e. The Hall–Kier alpha value is -2.30. The van der Waals surface area contributed by atoms with Crippen LogP contribution < -0.4 is 10.6 Å². The molecule has 2 aliphatic rings. The first-order valence-electron chi connectivity index (χ1n) is 8.09. The summed E-state index contributed by atoms with van der Waals surface area (Å²) in [4.78, 5) is 16.6. The first-order valence-corrected chi connectivity index (χ1v) is 8.46. The summed E-state index contributed by atoms with van der Waals surface area (Å²) in [5.41, 5.74) is 3.99. The standard InChI is InChI=1S/C19H16ClN3O/c1-10-8-13-12-4-2-3-5-15(12)21-17(13)19(23-10)14-9-11(20)6-7-16(14)22-18(19)24/h2-7,9-10,21,23H,8H2,1H3,(H,22,24)/t10-,19-/m0/s1. The second kappa shape index (κ2) is 4.62. The van der Waals surface area contributed by atoms with Crippen molar-refractivity contribution in [2.75, 3.05) is 5.32 Å². The number of rotatable bonds is 0. The normalized spacial score (nSPS) is 24.9. The zero-order valence-corrected chi connectivity index (χ0v) is 13.9. The number of nitrogens with one attached hydrogen (secondary N) is 3. The maximum atomic E-state index is 13.1. The number of hydrogen-bond acceptors (Lipinski definition) is 2. The van der Waals surface area contributed by atoms with E-state index in [0.717, 1.165) is 28.9 Å². The number of carbonyl (C=O) groups is 1. The van der Waals surface area contributed by atoms with Gasteiger partial charge in [-0.1, -0.05) is 29.8 Å². The first kappa shape index (κ1) is 14.1. The summed E-state index contributed by atoms with van der Waals surface area (Å²) in [6, 6.07) is 13.9. The molecular formula is C19H16ClN3O. The minimum absolute atomic E-state index is 0.0564. The first-order chi connectivity index (χ1) is 11.6. The molecule has 4 nitrogen and oxygen atoms in total. The fourth-order valence-electron chi connectivity index (χ4n) is 4.20. The van der Waals surface area contributed by atoms with Gasteiger partial charge in [0.2, 0.25) is 0 Å². The van der Waals surface area contributed by atoms with Gasteiger partial charge in [-0.3, -0.25) is 10.1 Å². The summed E-state index contributed by atoms with van der Waals surface area (Å²) in [6.07, 6.45) is 0.879. The van der Waals surface area contributed by atoms with Crippen LogP contribution >= 0.6 is 11.6 Å². The van der Waals surface area contributed by atoms with Gasteiger partial charge in [0.15, 0.2) is 5.54 Å². The zero-order chi connectivity index (χ0) is 16.5. The number of aromatic amines is 1. The highest BCUT2D eigenvalue weighted by atomic mass is 35.5. The molecule has 5 rings (SSSR count). The molecule has 120 valence electrons. The Morgan fingerprint density at radius 1 is 1.21 bits per heavy atom. The molecule has 3 N–H and O–H groups in total. The Bertz CT molecular complexity index is 1010. The van der Waals surface area contributed by atoms with E-state index in [-0.39, 0.29) is 11.9 Å². The molecule has 2 atom stereocenters. The molecule has 2 aliphatic heterocycles. The summed E-state index contributed by atoms with van der Waals surface area (Å²) in [6.45, 7) is 2.11. The van der Waals surface area contributed by atoms with E-state index in [1.165, 1.54) is 10.9 Å². The Kier molecular flexibility index (Phi) is 2.71. The molecule has 0 bridgehead atoms. The van der Waals surface area contributed by atoms with E-state index in [0.29, 0.717) is 5.02 Å². The Morgan fingerprint density at radius 2 is 2.04 bits per heavy atom. The summed E-state index contributed by atoms with van der Waals surface area (Å²) in [5, 5.41) is 8.36. The molecule has 0 saturated heterocycles. The van der Waals surface area contributed by atoms with Crippen molar-refractivity contribution >= 4 is 34.1 Å². The van der Waals surface area contributed by atoms with Gasteiger partial charge in [-0.2, -0.15) is 0 Å². The van der Waals surface area contributed by atoms with E-state index < -0.39 is 5.54 Å². The third-order valence-electron chi connectivity index (χ3n) is 5.14. The summed E-state index contributed by atoms with van der Waals surface area (Å²) in [7, 11) is 0. The molecule has 1 aromatic heterocycles. The number of hydrogen-bond donors (Lipinski definition) is 3. The van der Waals surface area contributed by atoms with Crippen LogP contribution in [0.5, 0.6) is 0 Å². The van der Waals surface area contributed by atoms with Gasteiger partial charge in [0.1, 0.15) is 0 Å². The van der Waals surface area contributed by atoms with Crippen LogP contribution in [0.4, 0.5) is 5.69 Å². The maximum absolute atomic E-state index is 13.1. The van der Waals surface area contributed by atoms with Crippen LogP contribution in [-0.2, 0) is 16.8 Å². The van der Waals surface area contributed by atoms with E-state index in [1.54, 1.807) is 6.07 Å². The van der Waals surface area contributed by atoms with E-state index in [2.05, 4.69) is 34.7 Å². The lowest BCUT2D eigenvalue weighted by atomic mass is 9.80. The number of H-pyrrole nitrogens is 1. The quantitative estimate of drug-likeness (QED) is 0.587. The van der Waals surface area contributed by atoms with Gasteiger partial charge >= 0.3 is 0 Å². The van der Waals surface area contributed by atoms with E-state index in [1.807, 2.05) is 24.3 Å². The highest BCUT2D eigenvalue weighted by Gasteiger charge is 2.53. The second-order valence-corrected chi connectivity index (χ2v) is 7.10. The second-order valence-electron chi connectivity index (χ2n) is 6.67. The van der Waals surface area contributed by atoms with Crippen molar-refractivity contribution in [1.82, 2.24) is 10.3 Å². The topological polar surface area (TPSA) is 56.9 Å². The predicted octanol–water partition coefficient (Wildman–Crippen LogP) is 3.55. The number of amides is 1. The van der Waals surface area contributed by atoms with Gasteiger partial charge in [0, 0.05) is 33.2 Å². The highest BCUT2D eigenvalue weighted by Crippen LogP contribution is 2.46. The number of para-hydroxylation sites is 1. The van der Waals surface area contributed by atoms with E-state index in [4.69, 9.17) is 11.6 Å². The van der Waals surface area contributed by atoms with Crippen molar-refractivity contribution in [1.29, 1.82) is 0 Å². The predicted molar refractivity (Wildman–Crippen MR) is 95.5 cm³/mol. The van der Waals surface area contributed by atoms with Gasteiger partial charge in [0.05, 0.1) is 5.69 Å².